The molecule has 3 aromatic rings. The van der Waals surface area contributed by atoms with E-state index in [9.17, 15) is 4.79 Å². The number of amides is 1. The Morgan fingerprint density at radius 2 is 1.81 bits per heavy atom. The smallest absolute Gasteiger partial charge is 0.256 e. The number of halogens is 2. The maximum atomic E-state index is 13.3. The van der Waals surface area contributed by atoms with Gasteiger partial charge in [0.25, 0.3) is 5.91 Å². The first-order valence-corrected chi connectivity index (χ1v) is 11.0. The normalized spacial score (nSPS) is 13.3. The summed E-state index contributed by atoms with van der Waals surface area (Å²) in [6.07, 6.45) is 0.665. The Kier molecular flexibility index (Phi) is 6.22. The fourth-order valence-corrected chi connectivity index (χ4v) is 4.57. The highest BCUT2D eigenvalue weighted by molar-refractivity contribution is 6.37. The van der Waals surface area contributed by atoms with Crippen LogP contribution in [0.2, 0.25) is 10.0 Å². The van der Waals surface area contributed by atoms with E-state index in [-0.39, 0.29) is 5.91 Å². The van der Waals surface area contributed by atoms with E-state index >= 15 is 0 Å². The van der Waals surface area contributed by atoms with Crippen molar-refractivity contribution in [3.63, 3.8) is 0 Å². The number of aromatic nitrogens is 1. The zero-order valence-corrected chi connectivity index (χ0v) is 19.3. The summed E-state index contributed by atoms with van der Waals surface area (Å²) in [6, 6.07) is 13.8. The van der Waals surface area contributed by atoms with Crippen LogP contribution in [-0.4, -0.2) is 22.3 Å². The van der Waals surface area contributed by atoms with Crippen LogP contribution in [0.3, 0.4) is 0 Å². The van der Waals surface area contributed by atoms with E-state index in [1.54, 1.807) is 4.90 Å². The molecule has 6 heteroatoms. The average molecular weight is 455 g/mol. The summed E-state index contributed by atoms with van der Waals surface area (Å²) in [5.41, 5.74) is 6.05. The van der Waals surface area contributed by atoms with Gasteiger partial charge in [0.15, 0.2) is 0 Å². The summed E-state index contributed by atoms with van der Waals surface area (Å²) in [5.74, 6) is 0.458. The molecule has 0 spiro atoms. The zero-order chi connectivity index (χ0) is 22.1. The number of hydrogen-bond donors (Lipinski definition) is 0. The first-order chi connectivity index (χ1) is 14.8. The molecule has 2 heterocycles. The number of fused-ring (bicyclic) bond motifs is 1. The number of carbonyl (C=O) groups is 1. The molecular weight excluding hydrogens is 431 g/mol. The molecule has 1 aromatic heterocycles. The summed E-state index contributed by atoms with van der Waals surface area (Å²) < 4.78 is 6.10. The second kappa shape index (κ2) is 8.89. The number of ether oxygens (including phenoxy) is 1. The molecule has 160 valence electrons. The van der Waals surface area contributed by atoms with Gasteiger partial charge in [-0.2, -0.15) is 0 Å². The van der Waals surface area contributed by atoms with Crippen molar-refractivity contribution in [2.75, 3.05) is 6.54 Å². The number of hydrogen-bond acceptors (Lipinski definition) is 3. The standard InChI is InChI=1S/C25H24Cl2N2O2/c1-15-11-17(3)28-24(31-14-18-7-5-4-6-8-18)20(15)13-29-10-9-19-21(26)12-16(2)23(27)22(19)25(29)30/h4-8,11-12H,9-10,13-14H2,1-3H3. The third-order valence-electron chi connectivity index (χ3n) is 5.64. The first-order valence-electron chi connectivity index (χ1n) is 10.3. The van der Waals surface area contributed by atoms with E-state index in [1.165, 1.54) is 0 Å². The highest BCUT2D eigenvalue weighted by Crippen LogP contribution is 2.35. The van der Waals surface area contributed by atoms with E-state index in [0.29, 0.717) is 47.6 Å². The highest BCUT2D eigenvalue weighted by Gasteiger charge is 2.30. The van der Waals surface area contributed by atoms with Crippen LogP contribution in [-0.2, 0) is 19.6 Å². The van der Waals surface area contributed by atoms with Gasteiger partial charge in [0, 0.05) is 22.8 Å². The van der Waals surface area contributed by atoms with E-state index in [1.807, 2.05) is 63.2 Å². The number of pyridine rings is 1. The van der Waals surface area contributed by atoms with Gasteiger partial charge in [0.1, 0.15) is 6.61 Å². The van der Waals surface area contributed by atoms with Crippen LogP contribution >= 0.6 is 23.2 Å². The largest absolute Gasteiger partial charge is 0.473 e. The minimum Gasteiger partial charge on any atom is -0.473 e. The van der Waals surface area contributed by atoms with Gasteiger partial charge in [-0.15, -0.1) is 0 Å². The van der Waals surface area contributed by atoms with Gasteiger partial charge in [-0.1, -0.05) is 53.5 Å². The molecule has 4 nitrogen and oxygen atoms in total. The highest BCUT2D eigenvalue weighted by atomic mass is 35.5. The Morgan fingerprint density at radius 1 is 1.06 bits per heavy atom. The van der Waals surface area contributed by atoms with Gasteiger partial charge >= 0.3 is 0 Å². The quantitative estimate of drug-likeness (QED) is 0.468. The molecule has 0 radical (unpaired) electrons. The van der Waals surface area contributed by atoms with Gasteiger partial charge in [-0.25, -0.2) is 4.98 Å². The summed E-state index contributed by atoms with van der Waals surface area (Å²) in [5, 5.41) is 1.08. The Bertz CT molecular complexity index is 1150. The lowest BCUT2D eigenvalue weighted by molar-refractivity contribution is 0.0725. The van der Waals surface area contributed by atoms with Crippen molar-refractivity contribution in [2.24, 2.45) is 0 Å². The van der Waals surface area contributed by atoms with Gasteiger partial charge in [0.05, 0.1) is 17.1 Å². The van der Waals surface area contributed by atoms with Crippen LogP contribution in [0.5, 0.6) is 5.88 Å². The lowest BCUT2D eigenvalue weighted by Crippen LogP contribution is -2.38. The lowest BCUT2D eigenvalue weighted by atomic mass is 9.96. The SMILES string of the molecule is Cc1cc(C)c(CN2CCc3c(Cl)cc(C)c(Cl)c3C2=O)c(OCc2ccccc2)n1. The molecule has 31 heavy (non-hydrogen) atoms. The van der Waals surface area contributed by atoms with Crippen molar-refractivity contribution in [3.05, 3.63) is 91.6 Å². The van der Waals surface area contributed by atoms with Crippen molar-refractivity contribution in [2.45, 2.75) is 40.3 Å². The van der Waals surface area contributed by atoms with Crippen molar-refractivity contribution in [1.82, 2.24) is 9.88 Å². The Morgan fingerprint density at radius 3 is 2.55 bits per heavy atom. The molecule has 2 aromatic carbocycles. The van der Waals surface area contributed by atoms with E-state index in [0.717, 1.165) is 33.5 Å². The van der Waals surface area contributed by atoms with E-state index in [4.69, 9.17) is 27.9 Å². The van der Waals surface area contributed by atoms with Crippen LogP contribution in [0, 0.1) is 20.8 Å². The second-order valence-electron chi connectivity index (χ2n) is 7.96. The molecule has 0 atom stereocenters. The topological polar surface area (TPSA) is 42.4 Å². The molecule has 0 unspecified atom stereocenters. The molecule has 0 N–H and O–H groups in total. The molecule has 1 aliphatic rings. The summed E-state index contributed by atoms with van der Waals surface area (Å²) >= 11 is 12.9. The number of aryl methyl sites for hydroxylation is 3. The predicted octanol–water partition coefficient (Wildman–Crippen LogP) is 6.09. The molecule has 0 bridgehead atoms. The molecule has 0 fully saturated rings. The molecule has 4 rings (SSSR count). The Labute approximate surface area is 192 Å². The lowest BCUT2D eigenvalue weighted by Gasteiger charge is -2.31. The second-order valence-corrected chi connectivity index (χ2v) is 8.74. The Balaban J connectivity index is 1.63. The number of carbonyl (C=O) groups excluding carboxylic acids is 1. The minimum atomic E-state index is -0.106. The van der Waals surface area contributed by atoms with Crippen molar-refractivity contribution in [3.8, 4) is 5.88 Å². The molecule has 0 saturated heterocycles. The minimum absolute atomic E-state index is 0.106. The van der Waals surface area contributed by atoms with Crippen molar-refractivity contribution >= 4 is 29.1 Å². The third kappa shape index (κ3) is 4.41. The number of benzene rings is 2. The number of nitrogens with zero attached hydrogens (tertiary/aromatic N) is 2. The van der Waals surface area contributed by atoms with E-state index < -0.39 is 0 Å². The molecular formula is C25H24Cl2N2O2. The van der Waals surface area contributed by atoms with E-state index in [2.05, 4.69) is 4.98 Å². The van der Waals surface area contributed by atoms with Crippen LogP contribution in [0.1, 0.15) is 43.9 Å². The van der Waals surface area contributed by atoms with Crippen LogP contribution in [0.25, 0.3) is 0 Å². The van der Waals surface area contributed by atoms with Crippen LogP contribution in [0.4, 0.5) is 0 Å². The van der Waals surface area contributed by atoms with Crippen molar-refractivity contribution < 1.29 is 9.53 Å². The maximum Gasteiger partial charge on any atom is 0.256 e. The van der Waals surface area contributed by atoms with Gasteiger partial charge in [-0.3, -0.25) is 4.79 Å². The van der Waals surface area contributed by atoms with Gasteiger partial charge < -0.3 is 9.64 Å². The van der Waals surface area contributed by atoms with Crippen LogP contribution < -0.4 is 4.74 Å². The fraction of sp³-hybridized carbons (Fsp3) is 0.280. The first kappa shape index (κ1) is 21.7. The third-order valence-corrected chi connectivity index (χ3v) is 6.46. The fourth-order valence-electron chi connectivity index (χ4n) is 3.97. The predicted molar refractivity (Wildman–Crippen MR) is 124 cm³/mol. The van der Waals surface area contributed by atoms with Gasteiger partial charge in [0.2, 0.25) is 5.88 Å². The number of rotatable bonds is 5. The average Bonchev–Trinajstić information content (AvgIpc) is 2.74. The Hall–Kier alpha value is -2.56. The molecule has 0 aliphatic carbocycles. The monoisotopic (exact) mass is 454 g/mol. The summed E-state index contributed by atoms with van der Waals surface area (Å²) in [4.78, 5) is 19.8. The zero-order valence-electron chi connectivity index (χ0n) is 17.8. The molecule has 1 amide bonds. The van der Waals surface area contributed by atoms with Crippen molar-refractivity contribution in [1.29, 1.82) is 0 Å². The molecule has 0 saturated carbocycles. The van der Waals surface area contributed by atoms with Gasteiger partial charge in [-0.05, 0) is 61.6 Å². The van der Waals surface area contributed by atoms with Crippen LogP contribution in [0.15, 0.2) is 42.5 Å². The maximum absolute atomic E-state index is 13.3. The molecule has 1 aliphatic heterocycles. The summed E-state index contributed by atoms with van der Waals surface area (Å²) in [7, 11) is 0. The summed E-state index contributed by atoms with van der Waals surface area (Å²) in [6.45, 7) is 7.22.